The fourth-order valence-corrected chi connectivity index (χ4v) is 2.26. The first-order valence-electron chi connectivity index (χ1n) is 5.68. The molecule has 0 radical (unpaired) electrons. The second kappa shape index (κ2) is 4.16. The Balaban J connectivity index is 2.22. The summed E-state index contributed by atoms with van der Waals surface area (Å²) >= 11 is 0. The summed E-state index contributed by atoms with van der Waals surface area (Å²) in [5, 5.41) is 9.03. The molecule has 0 amide bonds. The van der Waals surface area contributed by atoms with E-state index in [1.807, 2.05) is 19.1 Å². The average Bonchev–Trinajstić information content (AvgIpc) is 2.70. The summed E-state index contributed by atoms with van der Waals surface area (Å²) in [6.45, 7) is 4.69. The number of benzene rings is 1. The van der Waals surface area contributed by atoms with Gasteiger partial charge in [-0.25, -0.2) is 0 Å². The minimum Gasteiger partial charge on any atom is -0.481 e. The molecule has 1 aliphatic rings. The fraction of sp³-hybridized carbons (Fsp3) is 0.462. The molecule has 2 atom stereocenters. The SMILES string of the molecule is CC(C(=O)O)C(C)N1CCc2ccccc21. The third-order valence-corrected chi connectivity index (χ3v) is 3.53. The van der Waals surface area contributed by atoms with Crippen LogP contribution in [0.4, 0.5) is 5.69 Å². The van der Waals surface area contributed by atoms with E-state index in [1.54, 1.807) is 6.92 Å². The lowest BCUT2D eigenvalue weighted by molar-refractivity contribution is -0.141. The van der Waals surface area contributed by atoms with Crippen molar-refractivity contribution in [3.63, 3.8) is 0 Å². The van der Waals surface area contributed by atoms with Crippen molar-refractivity contribution in [3.05, 3.63) is 29.8 Å². The maximum Gasteiger partial charge on any atom is 0.308 e. The van der Waals surface area contributed by atoms with E-state index in [0.717, 1.165) is 13.0 Å². The molecule has 1 N–H and O–H groups in total. The normalized spacial score (nSPS) is 18.0. The van der Waals surface area contributed by atoms with Gasteiger partial charge in [-0.05, 0) is 31.9 Å². The number of carboxylic acids is 1. The smallest absolute Gasteiger partial charge is 0.308 e. The maximum absolute atomic E-state index is 11.0. The molecule has 0 saturated carbocycles. The standard InChI is InChI=1S/C13H17NO2/c1-9(13(15)16)10(2)14-8-7-11-5-3-4-6-12(11)14/h3-6,9-10H,7-8H2,1-2H3,(H,15,16). The molecule has 1 aromatic rings. The number of hydrogen-bond acceptors (Lipinski definition) is 2. The molecule has 16 heavy (non-hydrogen) atoms. The van der Waals surface area contributed by atoms with Crippen molar-refractivity contribution >= 4 is 11.7 Å². The van der Waals surface area contributed by atoms with Gasteiger partial charge in [-0.3, -0.25) is 4.79 Å². The van der Waals surface area contributed by atoms with Gasteiger partial charge in [0, 0.05) is 18.3 Å². The Bertz CT molecular complexity index is 403. The third-order valence-electron chi connectivity index (χ3n) is 3.53. The molecule has 0 saturated heterocycles. The van der Waals surface area contributed by atoms with E-state index in [9.17, 15) is 4.79 Å². The van der Waals surface area contributed by atoms with Crippen LogP contribution in [0.1, 0.15) is 19.4 Å². The first kappa shape index (κ1) is 11.0. The van der Waals surface area contributed by atoms with Crippen LogP contribution in [0, 0.1) is 5.92 Å². The van der Waals surface area contributed by atoms with Crippen molar-refractivity contribution in [2.45, 2.75) is 26.3 Å². The van der Waals surface area contributed by atoms with E-state index in [1.165, 1.54) is 11.3 Å². The van der Waals surface area contributed by atoms with E-state index in [2.05, 4.69) is 17.0 Å². The minimum atomic E-state index is -0.725. The number of carbonyl (C=O) groups is 1. The average molecular weight is 219 g/mol. The quantitative estimate of drug-likeness (QED) is 0.846. The van der Waals surface area contributed by atoms with Crippen molar-refractivity contribution < 1.29 is 9.90 Å². The van der Waals surface area contributed by atoms with Crippen LogP contribution in [-0.4, -0.2) is 23.7 Å². The van der Waals surface area contributed by atoms with Gasteiger partial charge in [0.15, 0.2) is 0 Å². The molecule has 0 aromatic heterocycles. The van der Waals surface area contributed by atoms with Crippen LogP contribution in [0.2, 0.25) is 0 Å². The zero-order valence-electron chi connectivity index (χ0n) is 9.68. The molecule has 2 rings (SSSR count). The molecular formula is C13H17NO2. The lowest BCUT2D eigenvalue weighted by atomic mass is 10.0. The largest absolute Gasteiger partial charge is 0.481 e. The molecule has 3 heteroatoms. The second-order valence-corrected chi connectivity index (χ2v) is 4.44. The molecule has 1 aliphatic heterocycles. The lowest BCUT2D eigenvalue weighted by Crippen LogP contribution is -2.39. The minimum absolute atomic E-state index is 0.0427. The van der Waals surface area contributed by atoms with E-state index >= 15 is 0 Å². The predicted octanol–water partition coefficient (Wildman–Crippen LogP) is 2.16. The highest BCUT2D eigenvalue weighted by molar-refractivity contribution is 5.72. The first-order chi connectivity index (χ1) is 7.61. The van der Waals surface area contributed by atoms with Gasteiger partial charge in [0.1, 0.15) is 0 Å². The van der Waals surface area contributed by atoms with Crippen molar-refractivity contribution in [1.29, 1.82) is 0 Å². The van der Waals surface area contributed by atoms with Crippen LogP contribution in [-0.2, 0) is 11.2 Å². The van der Waals surface area contributed by atoms with E-state index in [4.69, 9.17) is 5.11 Å². The Morgan fingerprint density at radius 3 is 2.75 bits per heavy atom. The molecule has 0 fully saturated rings. The first-order valence-corrected chi connectivity index (χ1v) is 5.68. The number of rotatable bonds is 3. The van der Waals surface area contributed by atoms with Crippen LogP contribution in [0.3, 0.4) is 0 Å². The van der Waals surface area contributed by atoms with Crippen molar-refractivity contribution in [3.8, 4) is 0 Å². The van der Waals surface area contributed by atoms with Crippen LogP contribution >= 0.6 is 0 Å². The summed E-state index contributed by atoms with van der Waals surface area (Å²) in [5.74, 6) is -1.07. The van der Waals surface area contributed by atoms with E-state index < -0.39 is 5.97 Å². The van der Waals surface area contributed by atoms with Gasteiger partial charge in [0.25, 0.3) is 0 Å². The van der Waals surface area contributed by atoms with Crippen LogP contribution in [0.5, 0.6) is 0 Å². The van der Waals surface area contributed by atoms with Gasteiger partial charge in [0.2, 0.25) is 0 Å². The molecule has 0 bridgehead atoms. The van der Waals surface area contributed by atoms with Gasteiger partial charge in [0.05, 0.1) is 5.92 Å². The highest BCUT2D eigenvalue weighted by Gasteiger charge is 2.29. The van der Waals surface area contributed by atoms with Crippen molar-refractivity contribution in [2.75, 3.05) is 11.4 Å². The van der Waals surface area contributed by atoms with Crippen molar-refractivity contribution in [2.24, 2.45) is 5.92 Å². The Morgan fingerprint density at radius 2 is 2.06 bits per heavy atom. The van der Waals surface area contributed by atoms with E-state index in [0.29, 0.717) is 0 Å². The molecule has 1 aromatic carbocycles. The Morgan fingerprint density at radius 1 is 1.38 bits per heavy atom. The van der Waals surface area contributed by atoms with E-state index in [-0.39, 0.29) is 12.0 Å². The lowest BCUT2D eigenvalue weighted by Gasteiger charge is -2.30. The summed E-state index contributed by atoms with van der Waals surface area (Å²) in [5.41, 5.74) is 2.52. The van der Waals surface area contributed by atoms with Gasteiger partial charge in [-0.2, -0.15) is 0 Å². The van der Waals surface area contributed by atoms with Gasteiger partial charge in [-0.15, -0.1) is 0 Å². The van der Waals surface area contributed by atoms with Crippen molar-refractivity contribution in [1.82, 2.24) is 0 Å². The summed E-state index contributed by atoms with van der Waals surface area (Å²) in [6.07, 6.45) is 1.02. The molecule has 3 nitrogen and oxygen atoms in total. The molecule has 86 valence electrons. The molecule has 0 spiro atoms. The maximum atomic E-state index is 11.0. The van der Waals surface area contributed by atoms with Gasteiger partial charge in [-0.1, -0.05) is 18.2 Å². The highest BCUT2D eigenvalue weighted by Crippen LogP contribution is 2.31. The molecule has 0 aliphatic carbocycles. The summed E-state index contributed by atoms with van der Waals surface area (Å²) in [7, 11) is 0. The highest BCUT2D eigenvalue weighted by atomic mass is 16.4. The summed E-state index contributed by atoms with van der Waals surface area (Å²) < 4.78 is 0. The molecule has 1 heterocycles. The second-order valence-electron chi connectivity index (χ2n) is 4.44. The number of para-hydroxylation sites is 1. The predicted molar refractivity (Wildman–Crippen MR) is 63.8 cm³/mol. The number of fused-ring (bicyclic) bond motifs is 1. The Kier molecular flexibility index (Phi) is 2.86. The monoisotopic (exact) mass is 219 g/mol. The molecular weight excluding hydrogens is 202 g/mol. The van der Waals surface area contributed by atoms with Gasteiger partial charge < -0.3 is 10.0 Å². The number of carboxylic acid groups (broad SMARTS) is 1. The van der Waals surface area contributed by atoms with Crippen LogP contribution < -0.4 is 4.90 Å². The zero-order chi connectivity index (χ0) is 11.7. The summed E-state index contributed by atoms with van der Waals surface area (Å²) in [6, 6.07) is 8.28. The summed E-state index contributed by atoms with van der Waals surface area (Å²) in [4.78, 5) is 13.2. The molecule has 2 unspecified atom stereocenters. The topological polar surface area (TPSA) is 40.5 Å². The Labute approximate surface area is 95.7 Å². The van der Waals surface area contributed by atoms with Crippen LogP contribution in [0.25, 0.3) is 0 Å². The third kappa shape index (κ3) is 1.77. The van der Waals surface area contributed by atoms with Crippen LogP contribution in [0.15, 0.2) is 24.3 Å². The zero-order valence-corrected chi connectivity index (χ0v) is 9.68. The van der Waals surface area contributed by atoms with Gasteiger partial charge >= 0.3 is 5.97 Å². The number of nitrogens with zero attached hydrogens (tertiary/aromatic N) is 1. The number of hydrogen-bond donors (Lipinski definition) is 1. The Hall–Kier alpha value is -1.51. The fourth-order valence-electron chi connectivity index (χ4n) is 2.26. The number of aliphatic carboxylic acids is 1. The number of anilines is 1.